The van der Waals surface area contributed by atoms with Gasteiger partial charge < -0.3 is 0 Å². The highest BCUT2D eigenvalue weighted by atomic mass is 32.2. The van der Waals surface area contributed by atoms with Crippen LogP contribution in [0.1, 0.15) is 72.8 Å². The van der Waals surface area contributed by atoms with E-state index in [0.29, 0.717) is 17.7 Å². The molecular formula is C24H34O2S2. The maximum atomic E-state index is 13.0. The van der Waals surface area contributed by atoms with Crippen LogP contribution in [0.25, 0.3) is 0 Å². The van der Waals surface area contributed by atoms with Crippen LogP contribution >= 0.6 is 11.8 Å². The fourth-order valence-electron chi connectivity index (χ4n) is 3.32. The quantitative estimate of drug-likeness (QED) is 0.429. The zero-order chi connectivity index (χ0) is 21.0. The number of rotatable bonds is 9. The predicted octanol–water partition coefficient (Wildman–Crippen LogP) is 7.27. The molecule has 0 unspecified atom stereocenters. The minimum absolute atomic E-state index is 0.227. The molecule has 2 aromatic rings. The molecule has 0 saturated carbocycles. The van der Waals surface area contributed by atoms with Crippen LogP contribution in [0.15, 0.2) is 63.2 Å². The van der Waals surface area contributed by atoms with E-state index in [4.69, 9.17) is 0 Å². The third-order valence-corrected chi connectivity index (χ3v) is 10.4. The molecule has 28 heavy (non-hydrogen) atoms. The summed E-state index contributed by atoms with van der Waals surface area (Å²) in [5, 5.41) is 0. The van der Waals surface area contributed by atoms with Crippen molar-refractivity contribution in [2.24, 2.45) is 0 Å². The van der Waals surface area contributed by atoms with Gasteiger partial charge in [0.2, 0.25) is 0 Å². The molecule has 0 N–H and O–H groups in total. The van der Waals surface area contributed by atoms with Crippen molar-refractivity contribution in [2.75, 3.05) is 0 Å². The van der Waals surface area contributed by atoms with Gasteiger partial charge in [-0.15, -0.1) is 0 Å². The zero-order valence-electron chi connectivity index (χ0n) is 18.1. The molecule has 2 nitrogen and oxygen atoms in total. The molecular weight excluding hydrogens is 384 g/mol. The molecule has 0 aliphatic heterocycles. The highest BCUT2D eigenvalue weighted by molar-refractivity contribution is 7.99. The largest absolute Gasteiger partial charge is 0.223 e. The predicted molar refractivity (Wildman–Crippen MR) is 121 cm³/mol. The maximum Gasteiger partial charge on any atom is 0.183 e. The highest BCUT2D eigenvalue weighted by Crippen LogP contribution is 2.36. The molecule has 0 bridgehead atoms. The molecule has 0 saturated heterocycles. The molecule has 2 aromatic carbocycles. The lowest BCUT2D eigenvalue weighted by molar-refractivity contribution is 0.438. The van der Waals surface area contributed by atoms with Gasteiger partial charge in [0, 0.05) is 9.79 Å². The SMILES string of the molecule is CCC(C)(CC)c1ccc(Sc2ccc(S(=O)(=O)C(C)(CC)CC)cc2)cc1. The van der Waals surface area contributed by atoms with Gasteiger partial charge in [0.05, 0.1) is 9.64 Å². The lowest BCUT2D eigenvalue weighted by Crippen LogP contribution is -2.33. The molecule has 0 radical (unpaired) electrons. The van der Waals surface area contributed by atoms with Gasteiger partial charge in [0.1, 0.15) is 0 Å². The van der Waals surface area contributed by atoms with Crippen LogP contribution in [0.3, 0.4) is 0 Å². The molecule has 2 rings (SSSR count). The topological polar surface area (TPSA) is 34.1 Å². The van der Waals surface area contributed by atoms with E-state index in [1.54, 1.807) is 23.9 Å². The first kappa shape index (κ1) is 23.0. The van der Waals surface area contributed by atoms with Crippen LogP contribution in [0.4, 0.5) is 0 Å². The second-order valence-electron chi connectivity index (χ2n) is 8.03. The first-order chi connectivity index (χ1) is 13.2. The Morgan fingerprint density at radius 1 is 0.714 bits per heavy atom. The average molecular weight is 419 g/mol. The van der Waals surface area contributed by atoms with Crippen LogP contribution in [0.5, 0.6) is 0 Å². The molecule has 0 amide bonds. The molecule has 4 heteroatoms. The van der Waals surface area contributed by atoms with Gasteiger partial charge in [-0.1, -0.05) is 58.5 Å². The van der Waals surface area contributed by atoms with Crippen LogP contribution in [0, 0.1) is 0 Å². The minimum atomic E-state index is -3.33. The van der Waals surface area contributed by atoms with Gasteiger partial charge in [-0.25, -0.2) is 8.42 Å². The Morgan fingerprint density at radius 2 is 1.14 bits per heavy atom. The van der Waals surface area contributed by atoms with Crippen molar-refractivity contribution in [3.05, 3.63) is 54.1 Å². The van der Waals surface area contributed by atoms with Crippen LogP contribution in [-0.4, -0.2) is 13.2 Å². The summed E-state index contributed by atoms with van der Waals surface area (Å²) in [6.45, 7) is 12.5. The van der Waals surface area contributed by atoms with E-state index in [0.717, 1.165) is 17.7 Å². The van der Waals surface area contributed by atoms with Crippen molar-refractivity contribution >= 4 is 21.6 Å². The first-order valence-corrected chi connectivity index (χ1v) is 12.6. The van der Waals surface area contributed by atoms with Gasteiger partial charge in [0.15, 0.2) is 9.84 Å². The summed E-state index contributed by atoms with van der Waals surface area (Å²) < 4.78 is 25.2. The fourth-order valence-corrected chi connectivity index (χ4v) is 5.96. The molecule has 0 heterocycles. The summed E-state index contributed by atoms with van der Waals surface area (Å²) in [5.41, 5.74) is 1.60. The summed E-state index contributed by atoms with van der Waals surface area (Å²) in [5.74, 6) is 0. The Bertz CT molecular complexity index is 858. The number of hydrogen-bond donors (Lipinski definition) is 0. The normalized spacial score (nSPS) is 12.9. The Kier molecular flexibility index (Phi) is 7.44. The Balaban J connectivity index is 2.19. The lowest BCUT2D eigenvalue weighted by Gasteiger charge is -2.27. The summed E-state index contributed by atoms with van der Waals surface area (Å²) in [6.07, 6.45) is 3.48. The smallest absolute Gasteiger partial charge is 0.183 e. The Morgan fingerprint density at radius 3 is 1.54 bits per heavy atom. The van der Waals surface area contributed by atoms with Crippen LogP contribution < -0.4 is 0 Å². The molecule has 0 aliphatic carbocycles. The fraction of sp³-hybridized carbons (Fsp3) is 0.500. The third kappa shape index (κ3) is 4.49. The zero-order valence-corrected chi connectivity index (χ0v) is 19.7. The second kappa shape index (κ2) is 9.04. The summed E-state index contributed by atoms with van der Waals surface area (Å²) >= 11 is 1.67. The highest BCUT2D eigenvalue weighted by Gasteiger charge is 2.36. The van der Waals surface area contributed by atoms with Gasteiger partial charge in [-0.3, -0.25) is 0 Å². The molecule has 0 atom stereocenters. The standard InChI is InChI=1S/C24H34O2S2/c1-7-23(5,8-2)19-11-13-20(14-12-19)27-21-15-17-22(18-16-21)28(25,26)24(6,9-3)10-4/h11-18H,7-10H2,1-6H3. The van der Waals surface area contributed by atoms with Crippen LogP contribution in [-0.2, 0) is 15.3 Å². The van der Waals surface area contributed by atoms with Gasteiger partial charge >= 0.3 is 0 Å². The third-order valence-electron chi connectivity index (χ3n) is 6.63. The summed E-state index contributed by atoms with van der Waals surface area (Å²) in [6, 6.07) is 16.1. The number of hydrogen-bond acceptors (Lipinski definition) is 3. The van der Waals surface area contributed by atoms with E-state index in [9.17, 15) is 8.42 Å². The molecule has 0 fully saturated rings. The van der Waals surface area contributed by atoms with E-state index in [2.05, 4.69) is 45.0 Å². The van der Waals surface area contributed by atoms with Crippen molar-refractivity contribution < 1.29 is 8.42 Å². The van der Waals surface area contributed by atoms with Crippen molar-refractivity contribution in [3.8, 4) is 0 Å². The maximum absolute atomic E-state index is 13.0. The van der Waals surface area contributed by atoms with E-state index in [1.807, 2.05) is 32.9 Å². The summed E-state index contributed by atoms with van der Waals surface area (Å²) in [7, 11) is -3.33. The van der Waals surface area contributed by atoms with E-state index in [-0.39, 0.29) is 5.41 Å². The van der Waals surface area contributed by atoms with Gasteiger partial charge in [-0.05, 0) is 80.0 Å². The lowest BCUT2D eigenvalue weighted by atomic mass is 9.78. The Hall–Kier alpha value is -1.26. The molecule has 0 aromatic heterocycles. The minimum Gasteiger partial charge on any atom is -0.223 e. The van der Waals surface area contributed by atoms with Crippen molar-refractivity contribution in [1.29, 1.82) is 0 Å². The molecule has 154 valence electrons. The second-order valence-corrected chi connectivity index (χ2v) is 11.6. The van der Waals surface area contributed by atoms with Gasteiger partial charge in [0.25, 0.3) is 0 Å². The monoisotopic (exact) mass is 418 g/mol. The summed E-state index contributed by atoms with van der Waals surface area (Å²) in [4.78, 5) is 2.64. The number of sulfone groups is 1. The van der Waals surface area contributed by atoms with Crippen molar-refractivity contribution in [1.82, 2.24) is 0 Å². The van der Waals surface area contributed by atoms with E-state index < -0.39 is 14.6 Å². The molecule has 0 spiro atoms. The molecule has 0 aliphatic rings. The average Bonchev–Trinajstić information content (AvgIpc) is 2.73. The van der Waals surface area contributed by atoms with Crippen LogP contribution in [0.2, 0.25) is 0 Å². The van der Waals surface area contributed by atoms with Gasteiger partial charge in [-0.2, -0.15) is 0 Å². The first-order valence-electron chi connectivity index (χ1n) is 10.3. The number of benzene rings is 2. The van der Waals surface area contributed by atoms with Crippen molar-refractivity contribution in [3.63, 3.8) is 0 Å². The van der Waals surface area contributed by atoms with Crippen molar-refractivity contribution in [2.45, 2.75) is 92.1 Å². The van der Waals surface area contributed by atoms with E-state index >= 15 is 0 Å². The Labute approximate surface area is 176 Å². The van der Waals surface area contributed by atoms with E-state index in [1.165, 1.54) is 10.5 Å².